The molecule has 0 unspecified atom stereocenters. The molecule has 0 aliphatic heterocycles. The quantitative estimate of drug-likeness (QED) is 0.0661. The Hall–Kier alpha value is -4.27. The number of ether oxygens (including phenoxy) is 1. The van der Waals surface area contributed by atoms with Gasteiger partial charge in [-0.1, -0.05) is 57.0 Å². The van der Waals surface area contributed by atoms with Crippen molar-refractivity contribution in [3.05, 3.63) is 107 Å². The lowest BCUT2D eigenvalue weighted by Gasteiger charge is -2.25. The first-order valence-corrected chi connectivity index (χ1v) is 16.4. The van der Waals surface area contributed by atoms with Crippen LogP contribution in [0.1, 0.15) is 62.6 Å². The van der Waals surface area contributed by atoms with Crippen molar-refractivity contribution in [3.8, 4) is 5.75 Å². The van der Waals surface area contributed by atoms with Crippen molar-refractivity contribution < 1.29 is 19.5 Å². The lowest BCUT2D eigenvalue weighted by Crippen LogP contribution is -2.40. The summed E-state index contributed by atoms with van der Waals surface area (Å²) in [6.45, 7) is 8.24. The number of hydrogen-bond donors (Lipinski definition) is 3. The van der Waals surface area contributed by atoms with E-state index in [1.54, 1.807) is 12.2 Å². The number of nitrogens with one attached hydrogen (secondary N) is 2. The molecule has 0 heterocycles. The Kier molecular flexibility index (Phi) is 15.7. The first-order chi connectivity index (χ1) is 22.3. The van der Waals surface area contributed by atoms with E-state index in [2.05, 4.69) is 49.6 Å². The predicted octanol–water partition coefficient (Wildman–Crippen LogP) is 8.19. The Morgan fingerprint density at radius 1 is 0.870 bits per heavy atom. The van der Waals surface area contributed by atoms with Gasteiger partial charge in [-0.3, -0.25) is 4.79 Å². The maximum absolute atomic E-state index is 13.4. The van der Waals surface area contributed by atoms with Gasteiger partial charge in [0.25, 0.3) is 0 Å². The molecule has 0 aliphatic rings. The molecular formula is C38H52N4O4. The van der Waals surface area contributed by atoms with Crippen molar-refractivity contribution >= 4 is 23.0 Å². The van der Waals surface area contributed by atoms with E-state index in [0.29, 0.717) is 32.0 Å². The van der Waals surface area contributed by atoms with Crippen molar-refractivity contribution in [2.24, 2.45) is 0 Å². The van der Waals surface area contributed by atoms with Crippen LogP contribution in [0, 0.1) is 6.92 Å². The molecule has 0 saturated carbocycles. The number of benzene rings is 3. The number of aliphatic hydroxyl groups excluding tert-OH is 1. The van der Waals surface area contributed by atoms with Crippen LogP contribution in [0.3, 0.4) is 0 Å². The Bertz CT molecular complexity index is 1390. The highest BCUT2D eigenvalue weighted by Gasteiger charge is 2.16. The molecular weight excluding hydrogens is 576 g/mol. The van der Waals surface area contributed by atoms with Gasteiger partial charge in [0.15, 0.2) is 0 Å². The zero-order valence-corrected chi connectivity index (χ0v) is 28.2. The van der Waals surface area contributed by atoms with Crippen LogP contribution >= 0.6 is 0 Å². The van der Waals surface area contributed by atoms with Gasteiger partial charge in [-0.2, -0.15) is 5.06 Å². The van der Waals surface area contributed by atoms with Gasteiger partial charge in [-0.15, -0.1) is 0 Å². The van der Waals surface area contributed by atoms with E-state index >= 15 is 0 Å². The number of carbonyl (C=O) groups is 1. The molecule has 0 fully saturated rings. The minimum Gasteiger partial charge on any atom is -0.508 e. The maximum atomic E-state index is 13.4. The average Bonchev–Trinajstić information content (AvgIpc) is 3.07. The summed E-state index contributed by atoms with van der Waals surface area (Å²) in [5.41, 5.74) is 4.90. The van der Waals surface area contributed by atoms with Crippen LogP contribution in [-0.2, 0) is 16.1 Å². The summed E-state index contributed by atoms with van der Waals surface area (Å²) in [5.74, 6) is 1.94. The third kappa shape index (κ3) is 12.6. The van der Waals surface area contributed by atoms with Gasteiger partial charge in [0, 0.05) is 37.1 Å². The molecule has 8 heteroatoms. The summed E-state index contributed by atoms with van der Waals surface area (Å²) in [6.07, 6.45) is 9.36. The van der Waals surface area contributed by atoms with E-state index in [9.17, 15) is 9.90 Å². The molecule has 0 bridgehead atoms. The van der Waals surface area contributed by atoms with E-state index in [4.69, 9.17) is 9.57 Å². The fourth-order valence-electron chi connectivity index (χ4n) is 4.70. The van der Waals surface area contributed by atoms with Crippen molar-refractivity contribution in [2.45, 2.75) is 59.3 Å². The number of carbonyl (C=O) groups excluding carboxylic acids is 1. The maximum Gasteiger partial charge on any atom is 0.227 e. The SMILES string of the molecule is CCC/C=C(/O)c1ccc(OCCN(CCN(C)OC)C(=O)Cc2ccc(N/C(=C\CCCC)Nc3ccccc3C)cc2)cc1. The third-order valence-electron chi connectivity index (χ3n) is 7.66. The number of anilines is 2. The normalized spacial score (nSPS) is 11.9. The summed E-state index contributed by atoms with van der Waals surface area (Å²) in [6, 6.07) is 23.6. The van der Waals surface area contributed by atoms with Crippen molar-refractivity contribution in [1.82, 2.24) is 9.96 Å². The summed E-state index contributed by atoms with van der Waals surface area (Å²) in [4.78, 5) is 20.5. The van der Waals surface area contributed by atoms with Crippen LogP contribution in [0.15, 0.2) is 90.8 Å². The monoisotopic (exact) mass is 628 g/mol. The van der Waals surface area contributed by atoms with Crippen LogP contribution < -0.4 is 15.4 Å². The van der Waals surface area contributed by atoms with Crippen LogP contribution in [0.25, 0.3) is 5.76 Å². The molecule has 3 rings (SSSR count). The Morgan fingerprint density at radius 3 is 2.28 bits per heavy atom. The predicted molar refractivity (Wildman–Crippen MR) is 190 cm³/mol. The van der Waals surface area contributed by atoms with E-state index in [1.165, 1.54) is 5.56 Å². The largest absolute Gasteiger partial charge is 0.508 e. The van der Waals surface area contributed by atoms with E-state index in [1.807, 2.05) is 78.7 Å². The number of hydrogen-bond acceptors (Lipinski definition) is 7. The molecule has 0 aliphatic carbocycles. The van der Waals surface area contributed by atoms with Gasteiger partial charge in [-0.05, 0) is 91.9 Å². The molecule has 0 spiro atoms. The van der Waals surface area contributed by atoms with Crippen LogP contribution in [0.5, 0.6) is 5.75 Å². The third-order valence-corrected chi connectivity index (χ3v) is 7.66. The van der Waals surface area contributed by atoms with Gasteiger partial charge >= 0.3 is 0 Å². The highest BCUT2D eigenvalue weighted by molar-refractivity contribution is 5.79. The number of likely N-dealkylation sites (N-methyl/N-ethyl adjacent to an activating group) is 1. The first-order valence-electron chi connectivity index (χ1n) is 16.4. The minimum absolute atomic E-state index is 0.0245. The summed E-state index contributed by atoms with van der Waals surface area (Å²) in [7, 11) is 3.46. The molecule has 1 amide bonds. The van der Waals surface area contributed by atoms with Crippen molar-refractivity contribution in [3.63, 3.8) is 0 Å². The summed E-state index contributed by atoms with van der Waals surface area (Å²) >= 11 is 0. The lowest BCUT2D eigenvalue weighted by molar-refractivity contribution is -0.136. The smallest absolute Gasteiger partial charge is 0.227 e. The number of allylic oxidation sites excluding steroid dienone is 2. The summed E-state index contributed by atoms with van der Waals surface area (Å²) < 4.78 is 5.96. The second-order valence-corrected chi connectivity index (χ2v) is 11.4. The van der Waals surface area contributed by atoms with Gasteiger partial charge in [0.05, 0.1) is 20.1 Å². The standard InChI is InChI=1S/C38H52N4O4/c1-6-8-10-16-37(40-35-14-12-11-13-30(35)3)39-33-21-17-31(18-22-33)29-38(44)42(26-25-41(4)45-5)27-28-46-34-23-19-32(20-24-34)36(43)15-9-7-2/h11-24,39-40,43H,6-10,25-29H2,1-5H3/b36-15+,37-16+. The Labute approximate surface area is 275 Å². The molecule has 8 nitrogen and oxygen atoms in total. The van der Waals surface area contributed by atoms with Crippen LogP contribution in [0.4, 0.5) is 11.4 Å². The summed E-state index contributed by atoms with van der Waals surface area (Å²) in [5, 5.41) is 19.0. The van der Waals surface area contributed by atoms with Gasteiger partial charge in [0.1, 0.15) is 23.9 Å². The zero-order chi connectivity index (χ0) is 33.1. The van der Waals surface area contributed by atoms with Gasteiger partial charge in [-0.25, -0.2) is 0 Å². The number of para-hydroxylation sites is 1. The number of amides is 1. The Morgan fingerprint density at radius 2 is 1.61 bits per heavy atom. The topological polar surface area (TPSA) is 86.3 Å². The number of hydroxylamine groups is 2. The van der Waals surface area contributed by atoms with Crippen molar-refractivity contribution in [2.75, 3.05) is 51.0 Å². The lowest BCUT2D eigenvalue weighted by atomic mass is 10.1. The molecule has 0 atom stereocenters. The molecule has 0 radical (unpaired) electrons. The fraction of sp³-hybridized carbons (Fsp3) is 0.395. The van der Waals surface area contributed by atoms with Gasteiger partial charge in [0.2, 0.25) is 5.91 Å². The van der Waals surface area contributed by atoms with E-state index < -0.39 is 0 Å². The van der Waals surface area contributed by atoms with Crippen molar-refractivity contribution in [1.29, 1.82) is 0 Å². The number of nitrogens with zero attached hydrogens (tertiary/aromatic N) is 2. The molecule has 3 aromatic rings. The first kappa shape index (κ1) is 36.2. The average molecular weight is 629 g/mol. The Balaban J connectivity index is 1.61. The fourth-order valence-corrected chi connectivity index (χ4v) is 4.70. The molecule has 0 aromatic heterocycles. The van der Waals surface area contributed by atoms with Gasteiger partial charge < -0.3 is 30.2 Å². The molecule has 248 valence electrons. The minimum atomic E-state index is 0.0245. The van der Waals surface area contributed by atoms with E-state index in [-0.39, 0.29) is 18.1 Å². The van der Waals surface area contributed by atoms with Crippen LogP contribution in [0.2, 0.25) is 0 Å². The van der Waals surface area contributed by atoms with E-state index in [0.717, 1.165) is 60.4 Å². The molecule has 3 N–H and O–H groups in total. The second kappa shape index (κ2) is 20.0. The molecule has 0 saturated heterocycles. The second-order valence-electron chi connectivity index (χ2n) is 11.4. The number of rotatable bonds is 20. The van der Waals surface area contributed by atoms with Crippen LogP contribution in [-0.4, -0.2) is 61.4 Å². The highest BCUT2D eigenvalue weighted by atomic mass is 16.7. The zero-order valence-electron chi connectivity index (χ0n) is 28.2. The molecule has 46 heavy (non-hydrogen) atoms. The highest BCUT2D eigenvalue weighted by Crippen LogP contribution is 2.20. The number of unbranched alkanes of at least 4 members (excludes halogenated alkanes) is 3. The number of aryl methyl sites for hydroxylation is 1. The number of aliphatic hydroxyl groups is 1. The molecule has 3 aromatic carbocycles.